The van der Waals surface area contributed by atoms with E-state index in [2.05, 4.69) is 0 Å². The van der Waals surface area contributed by atoms with Gasteiger partial charge in [-0.15, -0.1) is 0 Å². The fourth-order valence-electron chi connectivity index (χ4n) is 2.30. The van der Waals surface area contributed by atoms with E-state index in [-0.39, 0.29) is 30.4 Å². The number of nitro groups is 1. The van der Waals surface area contributed by atoms with Crippen LogP contribution < -0.4 is 4.74 Å². The molecule has 0 bridgehead atoms. The van der Waals surface area contributed by atoms with Crippen molar-refractivity contribution < 1.29 is 19.2 Å². The van der Waals surface area contributed by atoms with Gasteiger partial charge in [-0.05, 0) is 19.9 Å². The van der Waals surface area contributed by atoms with Crippen molar-refractivity contribution in [3.63, 3.8) is 0 Å². The second-order valence-electron chi connectivity index (χ2n) is 5.10. The summed E-state index contributed by atoms with van der Waals surface area (Å²) < 4.78 is 10.9. The van der Waals surface area contributed by atoms with Gasteiger partial charge in [0.1, 0.15) is 5.75 Å². The Bertz CT molecular complexity index is 524. The maximum Gasteiger partial charge on any atom is 0.273 e. The van der Waals surface area contributed by atoms with Crippen LogP contribution in [0.2, 0.25) is 0 Å². The molecule has 1 aromatic rings. The lowest BCUT2D eigenvalue weighted by molar-refractivity contribution is -0.384. The molecule has 2 atom stereocenters. The molecule has 0 unspecified atom stereocenters. The van der Waals surface area contributed by atoms with E-state index in [1.165, 1.54) is 18.2 Å². The van der Waals surface area contributed by atoms with Gasteiger partial charge < -0.3 is 14.4 Å². The van der Waals surface area contributed by atoms with Gasteiger partial charge in [-0.2, -0.15) is 0 Å². The van der Waals surface area contributed by atoms with Crippen molar-refractivity contribution >= 4 is 11.6 Å². The first-order valence-electron chi connectivity index (χ1n) is 6.76. The number of hydrogen-bond donors (Lipinski definition) is 0. The van der Waals surface area contributed by atoms with Gasteiger partial charge in [0.25, 0.3) is 11.6 Å². The molecule has 7 nitrogen and oxygen atoms in total. The fraction of sp³-hybridized carbons (Fsp3) is 0.500. The molecule has 1 aliphatic rings. The quantitative estimate of drug-likeness (QED) is 0.622. The van der Waals surface area contributed by atoms with Crippen LogP contribution in [0.1, 0.15) is 13.8 Å². The highest BCUT2D eigenvalue weighted by atomic mass is 16.6. The number of benzene rings is 1. The number of ether oxygens (including phenoxy) is 2. The Morgan fingerprint density at radius 2 is 2.10 bits per heavy atom. The van der Waals surface area contributed by atoms with E-state index in [0.29, 0.717) is 18.8 Å². The minimum atomic E-state index is -0.500. The molecule has 114 valence electrons. The number of nitro benzene ring substituents is 1. The normalized spacial score (nSPS) is 21.9. The molecule has 0 spiro atoms. The van der Waals surface area contributed by atoms with Gasteiger partial charge in [-0.1, -0.05) is 6.07 Å². The summed E-state index contributed by atoms with van der Waals surface area (Å²) in [5.74, 6) is 0.162. The lowest BCUT2D eigenvalue weighted by Gasteiger charge is -2.35. The van der Waals surface area contributed by atoms with Crippen molar-refractivity contribution in [1.29, 1.82) is 0 Å². The summed E-state index contributed by atoms with van der Waals surface area (Å²) in [6.07, 6.45) is -0.00831. The SMILES string of the molecule is C[C@@H]1CN(C(=O)COc2cccc([N+](=O)[O-])c2)C[C@H](C)O1. The molecule has 1 saturated heterocycles. The molecule has 1 fully saturated rings. The molecule has 1 amide bonds. The molecular weight excluding hydrogens is 276 g/mol. The van der Waals surface area contributed by atoms with Gasteiger partial charge in [0, 0.05) is 19.2 Å². The monoisotopic (exact) mass is 294 g/mol. The first-order chi connectivity index (χ1) is 9.95. The average molecular weight is 294 g/mol. The molecular formula is C14H18N2O5. The third kappa shape index (κ3) is 4.16. The van der Waals surface area contributed by atoms with E-state index in [4.69, 9.17) is 9.47 Å². The minimum Gasteiger partial charge on any atom is -0.484 e. The Morgan fingerprint density at radius 1 is 1.43 bits per heavy atom. The highest BCUT2D eigenvalue weighted by Gasteiger charge is 2.26. The zero-order chi connectivity index (χ0) is 15.4. The number of hydrogen-bond acceptors (Lipinski definition) is 5. The van der Waals surface area contributed by atoms with Crippen LogP contribution in [0.15, 0.2) is 24.3 Å². The second-order valence-corrected chi connectivity index (χ2v) is 5.10. The summed E-state index contributed by atoms with van der Waals surface area (Å²) in [4.78, 5) is 24.0. The fourth-order valence-corrected chi connectivity index (χ4v) is 2.30. The van der Waals surface area contributed by atoms with Crippen molar-refractivity contribution in [2.24, 2.45) is 0 Å². The molecule has 1 aromatic carbocycles. The van der Waals surface area contributed by atoms with Crippen molar-refractivity contribution in [3.05, 3.63) is 34.4 Å². The van der Waals surface area contributed by atoms with Crippen LogP contribution in [-0.2, 0) is 9.53 Å². The summed E-state index contributed by atoms with van der Waals surface area (Å²) in [7, 11) is 0. The molecule has 0 aliphatic carbocycles. The number of nitrogens with zero attached hydrogens (tertiary/aromatic N) is 2. The summed E-state index contributed by atoms with van der Waals surface area (Å²) in [6, 6.07) is 5.79. The van der Waals surface area contributed by atoms with Crippen LogP contribution in [0, 0.1) is 10.1 Å². The third-order valence-corrected chi connectivity index (χ3v) is 3.16. The Morgan fingerprint density at radius 3 is 2.71 bits per heavy atom. The predicted molar refractivity (Wildman–Crippen MR) is 75.2 cm³/mol. The molecule has 0 N–H and O–H groups in total. The maximum atomic E-state index is 12.1. The zero-order valence-electron chi connectivity index (χ0n) is 12.0. The van der Waals surface area contributed by atoms with Gasteiger partial charge >= 0.3 is 0 Å². The van der Waals surface area contributed by atoms with Crippen LogP contribution in [0.3, 0.4) is 0 Å². The van der Waals surface area contributed by atoms with Crippen LogP contribution in [0.4, 0.5) is 5.69 Å². The molecule has 1 heterocycles. The van der Waals surface area contributed by atoms with E-state index >= 15 is 0 Å². The van der Waals surface area contributed by atoms with Gasteiger partial charge in [0.05, 0.1) is 23.2 Å². The number of carbonyl (C=O) groups is 1. The van der Waals surface area contributed by atoms with Gasteiger partial charge in [-0.3, -0.25) is 14.9 Å². The average Bonchev–Trinajstić information content (AvgIpc) is 2.44. The first kappa shape index (κ1) is 15.2. The van der Waals surface area contributed by atoms with Crippen molar-refractivity contribution in [1.82, 2.24) is 4.90 Å². The van der Waals surface area contributed by atoms with E-state index in [1.807, 2.05) is 13.8 Å². The lowest BCUT2D eigenvalue weighted by Crippen LogP contribution is -2.49. The second kappa shape index (κ2) is 6.53. The standard InChI is InChI=1S/C14H18N2O5/c1-10-7-15(8-11(2)21-10)14(17)9-20-13-5-3-4-12(6-13)16(18)19/h3-6,10-11H,7-9H2,1-2H3/t10-,11+. The predicted octanol–water partition coefficient (Wildman–Crippen LogP) is 1.61. The first-order valence-corrected chi connectivity index (χ1v) is 6.76. The molecule has 1 aliphatic heterocycles. The van der Waals surface area contributed by atoms with Crippen molar-refractivity contribution in [2.75, 3.05) is 19.7 Å². The molecule has 2 rings (SSSR count). The Hall–Kier alpha value is -2.15. The molecule has 21 heavy (non-hydrogen) atoms. The Balaban J connectivity index is 1.92. The molecule has 0 radical (unpaired) electrons. The highest BCUT2D eigenvalue weighted by Crippen LogP contribution is 2.19. The molecule has 7 heteroatoms. The van der Waals surface area contributed by atoms with Crippen LogP contribution in [0.5, 0.6) is 5.75 Å². The summed E-state index contributed by atoms with van der Waals surface area (Å²) >= 11 is 0. The van der Waals surface area contributed by atoms with Gasteiger partial charge in [0.2, 0.25) is 0 Å². The molecule has 0 aromatic heterocycles. The minimum absolute atomic E-state index is 0.00415. The van der Waals surface area contributed by atoms with E-state index < -0.39 is 4.92 Å². The lowest BCUT2D eigenvalue weighted by atomic mass is 10.2. The van der Waals surface area contributed by atoms with Gasteiger partial charge in [0.15, 0.2) is 6.61 Å². The number of rotatable bonds is 4. The Labute approximate surface area is 122 Å². The van der Waals surface area contributed by atoms with E-state index in [1.54, 1.807) is 11.0 Å². The van der Waals surface area contributed by atoms with Crippen LogP contribution in [-0.4, -0.2) is 47.6 Å². The van der Waals surface area contributed by atoms with E-state index in [9.17, 15) is 14.9 Å². The van der Waals surface area contributed by atoms with Crippen molar-refractivity contribution in [3.8, 4) is 5.75 Å². The Kier molecular flexibility index (Phi) is 4.74. The molecule has 0 saturated carbocycles. The number of amides is 1. The number of non-ortho nitro benzene ring substituents is 1. The summed E-state index contributed by atoms with van der Waals surface area (Å²) in [6.45, 7) is 4.75. The van der Waals surface area contributed by atoms with Crippen LogP contribution in [0.25, 0.3) is 0 Å². The zero-order valence-corrected chi connectivity index (χ0v) is 12.0. The number of carbonyl (C=O) groups excluding carboxylic acids is 1. The summed E-state index contributed by atoms with van der Waals surface area (Å²) in [5.41, 5.74) is -0.0615. The van der Waals surface area contributed by atoms with E-state index in [0.717, 1.165) is 0 Å². The maximum absolute atomic E-state index is 12.1. The highest BCUT2D eigenvalue weighted by molar-refractivity contribution is 5.78. The summed E-state index contributed by atoms with van der Waals surface area (Å²) in [5, 5.41) is 10.7. The largest absolute Gasteiger partial charge is 0.484 e. The third-order valence-electron chi connectivity index (χ3n) is 3.16. The smallest absolute Gasteiger partial charge is 0.273 e. The topological polar surface area (TPSA) is 81.9 Å². The van der Waals surface area contributed by atoms with Crippen molar-refractivity contribution in [2.45, 2.75) is 26.1 Å². The van der Waals surface area contributed by atoms with Crippen LogP contribution >= 0.6 is 0 Å². The number of morpholine rings is 1. The van der Waals surface area contributed by atoms with Gasteiger partial charge in [-0.25, -0.2) is 0 Å².